The molecule has 1 aliphatic heterocycles. The monoisotopic (exact) mass is 154 g/mol. The summed E-state index contributed by atoms with van der Waals surface area (Å²) in [5.41, 5.74) is 1.86. The van der Waals surface area contributed by atoms with Crippen molar-refractivity contribution in [3.8, 4) is 0 Å². The van der Waals surface area contributed by atoms with Gasteiger partial charge in [-0.1, -0.05) is 10.5 Å². The summed E-state index contributed by atoms with van der Waals surface area (Å²) in [6, 6.07) is 0. The van der Waals surface area contributed by atoms with E-state index in [1.54, 1.807) is 18.7 Å². The molecule has 2 heterocycles. The Balaban J connectivity index is 2.68. The Morgan fingerprint density at radius 3 is 3.20 bits per heavy atom. The molecule has 1 atom stereocenters. The first-order valence-corrected chi connectivity index (χ1v) is 4.19. The minimum Gasteiger partial charge on any atom is -0.442 e. The van der Waals surface area contributed by atoms with E-state index in [2.05, 4.69) is 9.98 Å². The van der Waals surface area contributed by atoms with E-state index in [0.717, 1.165) is 4.84 Å². The summed E-state index contributed by atoms with van der Waals surface area (Å²) in [6.45, 7) is 0. The number of hydrogen-bond donors (Lipinski definition) is 1. The van der Waals surface area contributed by atoms with Gasteiger partial charge >= 0.3 is 0 Å². The van der Waals surface area contributed by atoms with Gasteiger partial charge in [-0.05, 0) is 5.41 Å². The molecule has 10 heavy (non-hydrogen) atoms. The van der Waals surface area contributed by atoms with E-state index in [-0.39, 0.29) is 10.5 Å². The molecule has 1 aliphatic rings. The summed E-state index contributed by atoms with van der Waals surface area (Å²) in [7, 11) is -0.0540. The molecule has 2 rings (SSSR count). The molecule has 0 amide bonds. The average molecular weight is 154 g/mol. The lowest BCUT2D eigenvalue weighted by Gasteiger charge is -1.81. The largest absolute Gasteiger partial charge is 0.442 e. The van der Waals surface area contributed by atoms with Crippen LogP contribution in [0, 0.1) is 4.84 Å². The molecule has 1 N–H and O–H groups in total. The minimum atomic E-state index is -0.0540. The SMILES string of the molecule is C1=CS(=c2[nH]cco2)C=N1. The highest BCUT2D eigenvalue weighted by Crippen LogP contribution is 2.19. The molecule has 1 unspecified atom stereocenters. The van der Waals surface area contributed by atoms with Crippen LogP contribution in [0.5, 0.6) is 0 Å². The number of hydrogen-bond acceptors (Lipinski definition) is 2. The van der Waals surface area contributed by atoms with Gasteiger partial charge < -0.3 is 9.40 Å². The van der Waals surface area contributed by atoms with Crippen molar-refractivity contribution in [3.05, 3.63) is 28.9 Å². The van der Waals surface area contributed by atoms with Gasteiger partial charge in [0.2, 0.25) is 4.84 Å². The molecule has 0 aliphatic carbocycles. The number of nitrogens with one attached hydrogen (secondary N) is 1. The predicted octanol–water partition coefficient (Wildman–Crippen LogP) is 1.92. The van der Waals surface area contributed by atoms with Crippen molar-refractivity contribution in [1.82, 2.24) is 4.98 Å². The molecule has 0 radical (unpaired) electrons. The molecular weight excluding hydrogens is 148 g/mol. The number of aromatic nitrogens is 1. The molecule has 0 bridgehead atoms. The first-order chi connectivity index (χ1) is 4.97. The van der Waals surface area contributed by atoms with Crippen LogP contribution in [0.1, 0.15) is 0 Å². The molecule has 1 aromatic rings. The Hall–Kier alpha value is -1.03. The fourth-order valence-electron chi connectivity index (χ4n) is 0.702. The van der Waals surface area contributed by atoms with Crippen molar-refractivity contribution in [3.63, 3.8) is 0 Å². The second-order valence-corrected chi connectivity index (χ2v) is 3.36. The highest BCUT2D eigenvalue weighted by atomic mass is 32.2. The average Bonchev–Trinajstić information content (AvgIpc) is 2.59. The summed E-state index contributed by atoms with van der Waals surface area (Å²) in [4.78, 5) is 7.79. The van der Waals surface area contributed by atoms with Crippen molar-refractivity contribution < 1.29 is 4.42 Å². The highest BCUT2D eigenvalue weighted by molar-refractivity contribution is 8.23. The van der Waals surface area contributed by atoms with Gasteiger partial charge in [-0.25, -0.2) is 0 Å². The third-order valence-corrected chi connectivity index (χ3v) is 2.53. The van der Waals surface area contributed by atoms with Gasteiger partial charge in [0.05, 0.1) is 5.55 Å². The molecule has 1 aromatic heterocycles. The van der Waals surface area contributed by atoms with Gasteiger partial charge in [-0.2, -0.15) is 0 Å². The lowest BCUT2D eigenvalue weighted by Crippen LogP contribution is -1.63. The summed E-state index contributed by atoms with van der Waals surface area (Å²) >= 11 is 0. The summed E-state index contributed by atoms with van der Waals surface area (Å²) in [5.74, 6) is 0. The fraction of sp³-hybridized carbons (Fsp3) is 0. The maximum atomic E-state index is 5.13. The van der Waals surface area contributed by atoms with Crippen LogP contribution in [0.2, 0.25) is 0 Å². The van der Waals surface area contributed by atoms with Crippen LogP contribution in [-0.4, -0.2) is 10.5 Å². The maximum Gasteiger partial charge on any atom is 0.232 e. The second kappa shape index (κ2) is 2.30. The molecule has 4 heteroatoms. The van der Waals surface area contributed by atoms with Gasteiger partial charge in [0.15, 0.2) is 0 Å². The van der Waals surface area contributed by atoms with E-state index in [4.69, 9.17) is 4.42 Å². The van der Waals surface area contributed by atoms with Gasteiger partial charge in [0, 0.05) is 12.4 Å². The van der Waals surface area contributed by atoms with Crippen LogP contribution in [0.25, 0.3) is 0 Å². The van der Waals surface area contributed by atoms with Crippen LogP contribution in [0.15, 0.2) is 33.5 Å². The van der Waals surface area contributed by atoms with E-state index in [9.17, 15) is 0 Å². The van der Waals surface area contributed by atoms with Gasteiger partial charge in [0.25, 0.3) is 0 Å². The van der Waals surface area contributed by atoms with Crippen molar-refractivity contribution in [1.29, 1.82) is 0 Å². The van der Waals surface area contributed by atoms with Crippen LogP contribution in [-0.2, 0) is 0 Å². The molecule has 0 saturated carbocycles. The van der Waals surface area contributed by atoms with Crippen molar-refractivity contribution in [2.24, 2.45) is 4.99 Å². The standard InChI is InChI=1S/C6H6N2OS/c1-3-9-6(8-1)10-4-2-7-5-10/h1-5,8H. The molecule has 52 valence electrons. The third kappa shape index (κ3) is 0.863. The lowest BCUT2D eigenvalue weighted by molar-refractivity contribution is 0.540. The smallest absolute Gasteiger partial charge is 0.232 e. The van der Waals surface area contributed by atoms with E-state index >= 15 is 0 Å². The fourth-order valence-corrected chi connectivity index (χ4v) is 1.76. The molecule has 0 fully saturated rings. The number of nitrogens with zero attached hydrogens (tertiary/aromatic N) is 1. The summed E-state index contributed by atoms with van der Waals surface area (Å²) in [5, 5.41) is 2.00. The molecular formula is C6H6N2OS. The van der Waals surface area contributed by atoms with Crippen LogP contribution in [0.4, 0.5) is 0 Å². The van der Waals surface area contributed by atoms with E-state index in [1.807, 2.05) is 11.0 Å². The van der Waals surface area contributed by atoms with Crippen molar-refractivity contribution >= 4 is 16.0 Å². The van der Waals surface area contributed by atoms with Crippen LogP contribution < -0.4 is 0 Å². The molecule has 3 nitrogen and oxygen atoms in total. The van der Waals surface area contributed by atoms with Crippen molar-refractivity contribution in [2.45, 2.75) is 0 Å². The normalized spacial score (nSPS) is 24.0. The number of oxazole rings is 1. The van der Waals surface area contributed by atoms with Crippen molar-refractivity contribution in [2.75, 3.05) is 0 Å². The lowest BCUT2D eigenvalue weighted by atomic mass is 11.0. The first-order valence-electron chi connectivity index (χ1n) is 2.84. The van der Waals surface area contributed by atoms with E-state index in [0.29, 0.717) is 0 Å². The Morgan fingerprint density at radius 1 is 1.60 bits per heavy atom. The minimum absolute atomic E-state index is 0.0540. The zero-order chi connectivity index (χ0) is 6.81. The summed E-state index contributed by atoms with van der Waals surface area (Å²) in [6.07, 6.45) is 5.17. The van der Waals surface area contributed by atoms with Gasteiger partial charge in [0.1, 0.15) is 6.26 Å². The molecule has 0 spiro atoms. The van der Waals surface area contributed by atoms with E-state index < -0.39 is 0 Å². The number of H-pyrrole nitrogens is 1. The van der Waals surface area contributed by atoms with Crippen LogP contribution in [0.3, 0.4) is 0 Å². The Bertz CT molecular complexity index is 314. The van der Waals surface area contributed by atoms with Crippen LogP contribution >= 0.6 is 10.5 Å². The Labute approximate surface area is 60.0 Å². The second-order valence-electron chi connectivity index (χ2n) is 1.76. The number of aliphatic imine (C=N–C) groups is 1. The predicted molar refractivity (Wildman–Crippen MR) is 41.5 cm³/mol. The maximum absolute atomic E-state index is 5.13. The zero-order valence-electron chi connectivity index (χ0n) is 5.15. The number of aromatic amines is 1. The molecule has 0 aromatic carbocycles. The topological polar surface area (TPSA) is 41.3 Å². The zero-order valence-corrected chi connectivity index (χ0v) is 5.97. The number of rotatable bonds is 0. The third-order valence-electron chi connectivity index (χ3n) is 1.13. The quantitative estimate of drug-likeness (QED) is 0.570. The van der Waals surface area contributed by atoms with E-state index in [1.165, 1.54) is 0 Å². The first kappa shape index (κ1) is 5.73. The van der Waals surface area contributed by atoms with Gasteiger partial charge in [-0.3, -0.25) is 4.99 Å². The highest BCUT2D eigenvalue weighted by Gasteiger charge is 1.93. The van der Waals surface area contributed by atoms with Gasteiger partial charge in [-0.15, -0.1) is 0 Å². The summed E-state index contributed by atoms with van der Waals surface area (Å²) < 4.78 is 5.13. The Morgan fingerprint density at radius 2 is 2.60 bits per heavy atom. The molecule has 0 saturated heterocycles. The Kier molecular flexibility index (Phi) is 1.32.